The fraction of sp³-hybridized carbons (Fsp3) is 1.00. The smallest absolute Gasteiger partial charge is 0.0741 e. The molecular formula is C8H17NO2. The Morgan fingerprint density at radius 3 is 2.27 bits per heavy atom. The number of hydrogen-bond donors (Lipinski definition) is 3. The quantitative estimate of drug-likeness (QED) is 0.455. The van der Waals surface area contributed by atoms with E-state index in [2.05, 4.69) is 0 Å². The molecule has 0 aromatic carbocycles. The molecule has 0 amide bonds. The first-order valence-electron chi connectivity index (χ1n) is 4.15. The number of nitrogens with two attached hydrogens (primary N) is 1. The predicted octanol–water partition coefficient (Wildman–Crippen LogP) is -0.289. The number of aliphatic hydroxyl groups is 2. The maximum atomic E-state index is 9.52. The highest BCUT2D eigenvalue weighted by atomic mass is 16.3. The molecule has 4 N–H and O–H groups in total. The molecule has 0 heterocycles. The zero-order valence-corrected chi connectivity index (χ0v) is 7.07. The summed E-state index contributed by atoms with van der Waals surface area (Å²) in [4.78, 5) is 0. The third-order valence-electron chi connectivity index (χ3n) is 2.74. The van der Waals surface area contributed by atoms with Crippen molar-refractivity contribution in [1.29, 1.82) is 0 Å². The van der Waals surface area contributed by atoms with Gasteiger partial charge in [0.2, 0.25) is 0 Å². The van der Waals surface area contributed by atoms with Crippen molar-refractivity contribution < 1.29 is 10.2 Å². The van der Waals surface area contributed by atoms with E-state index in [9.17, 15) is 10.2 Å². The lowest BCUT2D eigenvalue weighted by molar-refractivity contribution is -0.0547. The van der Waals surface area contributed by atoms with Crippen molar-refractivity contribution >= 4 is 0 Å². The summed E-state index contributed by atoms with van der Waals surface area (Å²) in [6.45, 7) is 3.80. The summed E-state index contributed by atoms with van der Waals surface area (Å²) in [6, 6.07) is -0.164. The normalized spacial score (nSPS) is 52.6. The first kappa shape index (κ1) is 8.97. The average Bonchev–Trinajstić information content (AvgIpc) is 1.97. The van der Waals surface area contributed by atoms with E-state index in [0.717, 1.165) is 0 Å². The van der Waals surface area contributed by atoms with Crippen LogP contribution in [-0.4, -0.2) is 28.5 Å². The molecule has 0 aromatic heterocycles. The molecule has 3 heteroatoms. The highest BCUT2D eigenvalue weighted by Crippen LogP contribution is 2.28. The van der Waals surface area contributed by atoms with Gasteiger partial charge >= 0.3 is 0 Å². The van der Waals surface area contributed by atoms with Gasteiger partial charge in [0.1, 0.15) is 0 Å². The van der Waals surface area contributed by atoms with Crippen LogP contribution in [0.15, 0.2) is 0 Å². The van der Waals surface area contributed by atoms with Gasteiger partial charge < -0.3 is 15.9 Å². The molecule has 0 radical (unpaired) electrons. The maximum Gasteiger partial charge on any atom is 0.0741 e. The van der Waals surface area contributed by atoms with Crippen molar-refractivity contribution in [3.63, 3.8) is 0 Å². The Morgan fingerprint density at radius 2 is 1.73 bits per heavy atom. The van der Waals surface area contributed by atoms with Crippen molar-refractivity contribution in [1.82, 2.24) is 0 Å². The third-order valence-corrected chi connectivity index (χ3v) is 2.74. The lowest BCUT2D eigenvalue weighted by atomic mass is 9.76. The summed E-state index contributed by atoms with van der Waals surface area (Å²) in [5.41, 5.74) is 5.66. The molecule has 1 aliphatic carbocycles. The molecule has 1 saturated carbocycles. The lowest BCUT2D eigenvalue weighted by Gasteiger charge is -2.38. The minimum Gasteiger partial charge on any atom is -0.392 e. The van der Waals surface area contributed by atoms with Gasteiger partial charge in [-0.05, 0) is 12.3 Å². The maximum absolute atomic E-state index is 9.52. The summed E-state index contributed by atoms with van der Waals surface area (Å²) in [7, 11) is 0. The minimum atomic E-state index is -0.541. The Bertz CT molecular complexity index is 126. The highest BCUT2D eigenvalue weighted by molar-refractivity contribution is 4.90. The van der Waals surface area contributed by atoms with Crippen LogP contribution in [0.5, 0.6) is 0 Å². The van der Waals surface area contributed by atoms with Gasteiger partial charge in [-0.2, -0.15) is 0 Å². The summed E-state index contributed by atoms with van der Waals surface area (Å²) < 4.78 is 0. The van der Waals surface area contributed by atoms with Crippen molar-refractivity contribution in [3.05, 3.63) is 0 Å². The number of hydrogen-bond acceptors (Lipinski definition) is 3. The summed E-state index contributed by atoms with van der Waals surface area (Å²) in [6.07, 6.45) is -0.224. The highest BCUT2D eigenvalue weighted by Gasteiger charge is 2.36. The van der Waals surface area contributed by atoms with Crippen molar-refractivity contribution in [2.24, 2.45) is 17.6 Å². The standard InChI is InChI=1S/C8H17NO2/c1-4-3-6(9)8(11)5(2)7(4)10/h4-8,10-11H,3,9H2,1-2H3. The van der Waals surface area contributed by atoms with Crippen molar-refractivity contribution in [2.45, 2.75) is 38.5 Å². The van der Waals surface area contributed by atoms with E-state index < -0.39 is 12.2 Å². The Labute approximate surface area is 67.2 Å². The molecular weight excluding hydrogens is 142 g/mol. The topological polar surface area (TPSA) is 66.5 Å². The zero-order valence-electron chi connectivity index (χ0n) is 7.07. The second kappa shape index (κ2) is 3.09. The number of rotatable bonds is 0. The van der Waals surface area contributed by atoms with Gasteiger partial charge in [-0.1, -0.05) is 13.8 Å². The molecule has 0 spiro atoms. The van der Waals surface area contributed by atoms with Crippen LogP contribution in [0.1, 0.15) is 20.3 Å². The van der Waals surface area contributed by atoms with Crippen LogP contribution < -0.4 is 5.73 Å². The largest absolute Gasteiger partial charge is 0.392 e. The molecule has 1 rings (SSSR count). The van der Waals surface area contributed by atoms with E-state index in [1.807, 2.05) is 13.8 Å². The fourth-order valence-electron chi connectivity index (χ4n) is 1.82. The van der Waals surface area contributed by atoms with E-state index in [0.29, 0.717) is 6.42 Å². The lowest BCUT2D eigenvalue weighted by Crippen LogP contribution is -2.51. The molecule has 5 unspecified atom stereocenters. The van der Waals surface area contributed by atoms with Crippen LogP contribution in [0.4, 0.5) is 0 Å². The Morgan fingerprint density at radius 1 is 1.18 bits per heavy atom. The van der Waals surface area contributed by atoms with Gasteiger partial charge in [-0.15, -0.1) is 0 Å². The van der Waals surface area contributed by atoms with Gasteiger partial charge in [0.25, 0.3) is 0 Å². The molecule has 3 nitrogen and oxygen atoms in total. The van der Waals surface area contributed by atoms with E-state index in [1.54, 1.807) is 0 Å². The zero-order chi connectivity index (χ0) is 8.59. The van der Waals surface area contributed by atoms with E-state index in [4.69, 9.17) is 5.73 Å². The molecule has 11 heavy (non-hydrogen) atoms. The first-order chi connectivity index (χ1) is 5.04. The van der Waals surface area contributed by atoms with Gasteiger partial charge in [0, 0.05) is 12.0 Å². The Hall–Kier alpha value is -0.120. The summed E-state index contributed by atoms with van der Waals surface area (Å²) in [5.74, 6) is 0.122. The third kappa shape index (κ3) is 1.55. The minimum absolute atomic E-state index is 0.0891. The Kier molecular flexibility index (Phi) is 2.52. The first-order valence-corrected chi connectivity index (χ1v) is 4.15. The van der Waals surface area contributed by atoms with Gasteiger partial charge in [-0.25, -0.2) is 0 Å². The second-order valence-electron chi connectivity index (χ2n) is 3.72. The van der Waals surface area contributed by atoms with E-state index in [-0.39, 0.29) is 17.9 Å². The summed E-state index contributed by atoms with van der Waals surface area (Å²) >= 11 is 0. The average molecular weight is 159 g/mol. The van der Waals surface area contributed by atoms with Crippen LogP contribution in [-0.2, 0) is 0 Å². The van der Waals surface area contributed by atoms with Crippen molar-refractivity contribution in [2.75, 3.05) is 0 Å². The van der Waals surface area contributed by atoms with Crippen LogP contribution in [0.25, 0.3) is 0 Å². The van der Waals surface area contributed by atoms with E-state index in [1.165, 1.54) is 0 Å². The molecule has 5 atom stereocenters. The molecule has 1 fully saturated rings. The van der Waals surface area contributed by atoms with Crippen LogP contribution in [0, 0.1) is 11.8 Å². The van der Waals surface area contributed by atoms with Crippen molar-refractivity contribution in [3.8, 4) is 0 Å². The van der Waals surface area contributed by atoms with Crippen LogP contribution in [0.3, 0.4) is 0 Å². The predicted molar refractivity (Wildman–Crippen MR) is 42.9 cm³/mol. The molecule has 0 bridgehead atoms. The number of aliphatic hydroxyl groups excluding tert-OH is 2. The van der Waals surface area contributed by atoms with Gasteiger partial charge in [-0.3, -0.25) is 0 Å². The molecule has 1 aliphatic rings. The molecule has 0 aliphatic heterocycles. The van der Waals surface area contributed by atoms with Crippen LogP contribution in [0.2, 0.25) is 0 Å². The SMILES string of the molecule is CC1CC(N)C(O)C(C)C1O. The monoisotopic (exact) mass is 159 g/mol. The van der Waals surface area contributed by atoms with E-state index >= 15 is 0 Å². The molecule has 0 saturated heterocycles. The molecule has 66 valence electrons. The summed E-state index contributed by atoms with van der Waals surface area (Å²) in [5, 5.41) is 19.0. The van der Waals surface area contributed by atoms with Crippen LogP contribution >= 0.6 is 0 Å². The van der Waals surface area contributed by atoms with Gasteiger partial charge in [0.15, 0.2) is 0 Å². The Balaban J connectivity index is 2.63. The second-order valence-corrected chi connectivity index (χ2v) is 3.72. The van der Waals surface area contributed by atoms with Gasteiger partial charge in [0.05, 0.1) is 12.2 Å². The molecule has 0 aromatic rings. The fourth-order valence-corrected chi connectivity index (χ4v) is 1.82.